The fourth-order valence-corrected chi connectivity index (χ4v) is 2.51. The van der Waals surface area contributed by atoms with E-state index in [1.54, 1.807) is 0 Å². The summed E-state index contributed by atoms with van der Waals surface area (Å²) < 4.78 is 63.7. The van der Waals surface area contributed by atoms with E-state index in [1.807, 2.05) is 0 Å². The zero-order chi connectivity index (χ0) is 12.2. The van der Waals surface area contributed by atoms with Crippen molar-refractivity contribution in [1.29, 1.82) is 0 Å². The highest BCUT2D eigenvalue weighted by Crippen LogP contribution is 2.22. The molecule has 0 heterocycles. The molecular weight excluding hydrogens is 272 g/mol. The lowest BCUT2D eigenvalue weighted by molar-refractivity contribution is -0.141. The van der Waals surface area contributed by atoms with Crippen LogP contribution in [-0.4, -0.2) is 42.3 Å². The van der Waals surface area contributed by atoms with Gasteiger partial charge in [0.2, 0.25) is 0 Å². The highest BCUT2D eigenvalue weighted by Gasteiger charge is 2.45. The molecule has 15 heavy (non-hydrogen) atoms. The van der Waals surface area contributed by atoms with E-state index in [0.717, 1.165) is 0 Å². The van der Waals surface area contributed by atoms with Gasteiger partial charge in [0.1, 0.15) is 0 Å². The van der Waals surface area contributed by atoms with E-state index < -0.39 is 42.6 Å². The molecule has 0 amide bonds. The van der Waals surface area contributed by atoms with Gasteiger partial charge in [-0.05, 0) is 40.2 Å². The molecule has 0 saturated carbocycles. The summed E-state index contributed by atoms with van der Waals surface area (Å²) in [4.78, 5) is 11.0. The van der Waals surface area contributed by atoms with Crippen LogP contribution in [0.1, 0.15) is 6.92 Å². The van der Waals surface area contributed by atoms with E-state index in [-0.39, 0.29) is 6.61 Å². The fourth-order valence-electron chi connectivity index (χ4n) is 0.590. The Morgan fingerprint density at radius 1 is 1.13 bits per heavy atom. The van der Waals surface area contributed by atoms with Gasteiger partial charge < -0.3 is 18.4 Å². The van der Waals surface area contributed by atoms with Crippen molar-refractivity contribution in [2.45, 2.75) is 10.3 Å². The second-order valence-corrected chi connectivity index (χ2v) is 6.00. The first-order valence-electron chi connectivity index (χ1n) is 3.27. The summed E-state index contributed by atoms with van der Waals surface area (Å²) in [6.07, 6.45) is 0. The Labute approximate surface area is 92.2 Å². The maximum Gasteiger partial charge on any atom is 0.347 e. The van der Waals surface area contributed by atoms with E-state index in [4.69, 9.17) is 0 Å². The quantitative estimate of drug-likeness (QED) is 0.407. The van der Waals surface area contributed by atoms with Crippen molar-refractivity contribution in [3.8, 4) is 0 Å². The first-order chi connectivity index (χ1) is 6.81. The monoisotopic (exact) mass is 277 g/mol. The molecule has 0 aromatic heterocycles. The second kappa shape index (κ2) is 5.77. The summed E-state index contributed by atoms with van der Waals surface area (Å²) in [7, 11) is 0. The molecular formula is C4H5O8S3-3. The van der Waals surface area contributed by atoms with Crippen molar-refractivity contribution >= 4 is 39.2 Å². The minimum Gasteiger partial charge on any atom is -0.770 e. The molecule has 0 rings (SSSR count). The van der Waals surface area contributed by atoms with Crippen molar-refractivity contribution in [3.05, 3.63) is 0 Å². The van der Waals surface area contributed by atoms with Crippen molar-refractivity contribution in [2.75, 3.05) is 6.61 Å². The number of carbonyl (C=O) groups excluding carboxylic acids is 1. The third-order valence-electron chi connectivity index (χ3n) is 1.18. The van der Waals surface area contributed by atoms with Gasteiger partial charge >= 0.3 is 5.97 Å². The maximum absolute atomic E-state index is 11.0. The molecule has 0 aromatic rings. The summed E-state index contributed by atoms with van der Waals surface area (Å²) in [5.74, 6) is -1.87. The Morgan fingerprint density at radius 2 is 1.47 bits per heavy atom. The van der Waals surface area contributed by atoms with Gasteiger partial charge in [-0.15, -0.1) is 0 Å². The van der Waals surface area contributed by atoms with E-state index >= 15 is 0 Å². The topological polar surface area (TPSA) is 147 Å². The molecule has 11 heteroatoms. The van der Waals surface area contributed by atoms with Gasteiger partial charge in [0, 0.05) is 0 Å². The number of hydrogen-bond donors (Lipinski definition) is 0. The summed E-state index contributed by atoms with van der Waals surface area (Å²) in [6.45, 7) is 0.907. The smallest absolute Gasteiger partial charge is 0.347 e. The summed E-state index contributed by atoms with van der Waals surface area (Å²) in [5.41, 5.74) is 0. The highest BCUT2D eigenvalue weighted by atomic mass is 32.3. The predicted molar refractivity (Wildman–Crippen MR) is 46.1 cm³/mol. The van der Waals surface area contributed by atoms with Gasteiger partial charge in [-0.2, -0.15) is 0 Å². The molecule has 0 radical (unpaired) electrons. The van der Waals surface area contributed by atoms with Gasteiger partial charge in [-0.1, -0.05) is 0 Å². The number of carbonyl (C=O) groups is 1. The molecule has 0 aliphatic carbocycles. The number of hydrogen-bond acceptors (Lipinski definition) is 8. The van der Waals surface area contributed by atoms with Crippen LogP contribution in [0.5, 0.6) is 0 Å². The largest absolute Gasteiger partial charge is 0.770 e. The molecule has 0 spiro atoms. The Morgan fingerprint density at radius 3 is 1.67 bits per heavy atom. The zero-order valence-corrected chi connectivity index (χ0v) is 9.65. The Hall–Kier alpha value is -0.200. The molecule has 0 fully saturated rings. The van der Waals surface area contributed by atoms with Gasteiger partial charge in [0.05, 0.1) is 6.61 Å². The fraction of sp³-hybridized carbons (Fsp3) is 0.750. The van der Waals surface area contributed by atoms with E-state index in [1.165, 1.54) is 6.92 Å². The molecule has 90 valence electrons. The predicted octanol–water partition coefficient (Wildman–Crippen LogP) is -2.16. The van der Waals surface area contributed by atoms with Crippen molar-refractivity contribution in [1.82, 2.24) is 0 Å². The standard InChI is InChI=1S/C4H8O8S3/c1-2-12-3(5)4(13(6)7,14(8)9)15(10)11/h2H2,1H3,(H,6,7)(H,8,9)(H,10,11)/p-3. The van der Waals surface area contributed by atoms with Gasteiger partial charge in [0.15, 0.2) is 0 Å². The first kappa shape index (κ1) is 14.8. The lowest BCUT2D eigenvalue weighted by Gasteiger charge is -2.35. The zero-order valence-electron chi connectivity index (χ0n) is 7.20. The molecule has 0 aliphatic rings. The van der Waals surface area contributed by atoms with Crippen LogP contribution in [0.2, 0.25) is 0 Å². The van der Waals surface area contributed by atoms with Crippen LogP contribution in [0.3, 0.4) is 0 Å². The van der Waals surface area contributed by atoms with E-state index in [9.17, 15) is 31.1 Å². The van der Waals surface area contributed by atoms with Crippen LogP contribution in [0.15, 0.2) is 0 Å². The molecule has 8 nitrogen and oxygen atoms in total. The molecule has 3 atom stereocenters. The highest BCUT2D eigenvalue weighted by molar-refractivity contribution is 8.16. The van der Waals surface area contributed by atoms with Crippen LogP contribution in [0.25, 0.3) is 0 Å². The maximum atomic E-state index is 11.0. The molecule has 0 saturated heterocycles. The number of rotatable bonds is 5. The van der Waals surface area contributed by atoms with E-state index in [0.29, 0.717) is 0 Å². The van der Waals surface area contributed by atoms with Gasteiger partial charge in [-0.3, -0.25) is 12.6 Å². The minimum atomic E-state index is -3.70. The van der Waals surface area contributed by atoms with Crippen molar-refractivity contribution in [2.24, 2.45) is 0 Å². The van der Waals surface area contributed by atoms with Crippen LogP contribution >= 0.6 is 0 Å². The number of ether oxygens (including phenoxy) is 1. The molecule has 0 aromatic carbocycles. The molecule has 3 unspecified atom stereocenters. The Bertz CT molecular complexity index is 288. The third-order valence-corrected chi connectivity index (χ3v) is 5.45. The van der Waals surface area contributed by atoms with Crippen LogP contribution in [0, 0.1) is 0 Å². The molecule has 0 bridgehead atoms. The van der Waals surface area contributed by atoms with Crippen molar-refractivity contribution < 1.29 is 35.8 Å². The second-order valence-electron chi connectivity index (χ2n) is 1.98. The average molecular weight is 277 g/mol. The van der Waals surface area contributed by atoms with E-state index in [2.05, 4.69) is 4.74 Å². The van der Waals surface area contributed by atoms with Crippen LogP contribution in [0.4, 0.5) is 0 Å². The third kappa shape index (κ3) is 2.68. The van der Waals surface area contributed by atoms with Gasteiger partial charge in [-0.25, -0.2) is 4.79 Å². The van der Waals surface area contributed by atoms with Crippen molar-refractivity contribution in [3.63, 3.8) is 0 Å². The summed E-state index contributed by atoms with van der Waals surface area (Å²) >= 11 is -11.1. The minimum absolute atomic E-state index is 0.355. The lowest BCUT2D eigenvalue weighted by atomic mass is 10.7. The molecule has 0 N–H and O–H groups in total. The SMILES string of the molecule is CCOC(=O)C(S(=O)[O-])(S(=O)[O-])S(=O)[O-]. The lowest BCUT2D eigenvalue weighted by Crippen LogP contribution is -2.51. The normalized spacial score (nSPS) is 21.1. The summed E-state index contributed by atoms with van der Waals surface area (Å²) in [5, 5.41) is 0. The average Bonchev–Trinajstić information content (AvgIpc) is 2.02. The first-order valence-corrected chi connectivity index (χ1v) is 6.49. The van der Waals surface area contributed by atoms with Crippen LogP contribution in [-0.2, 0) is 42.8 Å². The Balaban J connectivity index is 5.53. The molecule has 0 aliphatic heterocycles. The Kier molecular flexibility index (Phi) is 5.69. The number of esters is 1. The summed E-state index contributed by atoms with van der Waals surface area (Å²) in [6, 6.07) is 0. The van der Waals surface area contributed by atoms with Gasteiger partial charge in [0.25, 0.3) is 3.41 Å². The van der Waals surface area contributed by atoms with Crippen LogP contribution < -0.4 is 0 Å².